The molecule has 58 valence electrons. The van der Waals surface area contributed by atoms with Gasteiger partial charge in [-0.15, -0.1) is 0 Å². The molecule has 0 saturated heterocycles. The number of rotatable bonds is 0. The summed E-state index contributed by atoms with van der Waals surface area (Å²) in [7, 11) is 0. The average Bonchev–Trinajstić information content (AvgIpc) is 2.32. The summed E-state index contributed by atoms with van der Waals surface area (Å²) in [4.78, 5) is 11.4. The van der Waals surface area contributed by atoms with E-state index in [9.17, 15) is 4.79 Å². The molecule has 2 aromatic rings. The molecule has 1 aromatic heterocycles. The van der Waals surface area contributed by atoms with Gasteiger partial charge < -0.3 is 0 Å². The van der Waals surface area contributed by atoms with Crippen molar-refractivity contribution < 1.29 is 4.11 Å². The summed E-state index contributed by atoms with van der Waals surface area (Å²) in [6, 6.07) is 4.25. The summed E-state index contributed by atoms with van der Waals surface area (Å²) in [6.07, 6.45) is -0.574. The van der Waals surface area contributed by atoms with Crippen molar-refractivity contribution in [2.75, 3.05) is 0 Å². The van der Waals surface area contributed by atoms with Gasteiger partial charge in [-0.2, -0.15) is 10.2 Å². The van der Waals surface area contributed by atoms with Gasteiger partial charge >= 0.3 is 0 Å². The first-order valence-corrected chi connectivity index (χ1v) is 3.35. The van der Waals surface area contributed by atoms with Crippen LogP contribution in [0, 0.1) is 0 Å². The van der Waals surface area contributed by atoms with Crippen molar-refractivity contribution in [1.82, 2.24) is 10.2 Å². The number of aromatic nitrogens is 2. The molecule has 0 aliphatic carbocycles. The van der Waals surface area contributed by atoms with Gasteiger partial charge in [0, 0.05) is 5.39 Å². The lowest BCUT2D eigenvalue weighted by molar-refractivity contribution is 1.08. The van der Waals surface area contributed by atoms with E-state index >= 15 is 0 Å². The second kappa shape index (κ2) is 2.70. The molecule has 0 spiro atoms. The van der Waals surface area contributed by atoms with E-state index in [1.54, 1.807) is 12.1 Å². The zero-order valence-corrected chi connectivity index (χ0v) is 6.03. The van der Waals surface area contributed by atoms with E-state index in [0.29, 0.717) is 0 Å². The Bertz CT molecular complexity index is 601. The van der Waals surface area contributed by atoms with E-state index in [4.69, 9.17) is 4.11 Å². The molecular formula is C9H6N2O. The van der Waals surface area contributed by atoms with Crippen LogP contribution in [0.3, 0.4) is 0 Å². The summed E-state index contributed by atoms with van der Waals surface area (Å²) >= 11 is 0. The lowest BCUT2D eigenvalue weighted by Crippen LogP contribution is -1.90. The maximum Gasteiger partial charge on any atom is 0.199 e. The van der Waals surface area contributed by atoms with Crippen molar-refractivity contribution in [3.8, 4) is 0 Å². The highest BCUT2D eigenvalue weighted by Crippen LogP contribution is 2.04. The zero-order valence-electron chi connectivity index (χ0n) is 9.03. The predicted molar refractivity (Wildman–Crippen MR) is 45.8 cm³/mol. The molecule has 12 heavy (non-hydrogen) atoms. The van der Waals surface area contributed by atoms with Crippen LogP contribution >= 0.6 is 0 Å². The van der Waals surface area contributed by atoms with E-state index in [2.05, 4.69) is 10.2 Å². The van der Waals surface area contributed by atoms with Crippen LogP contribution in [-0.4, -0.2) is 10.2 Å². The van der Waals surface area contributed by atoms with Crippen LogP contribution < -0.4 is 5.43 Å². The molecule has 3 nitrogen and oxygen atoms in total. The van der Waals surface area contributed by atoms with Crippen molar-refractivity contribution in [3.63, 3.8) is 0 Å². The van der Waals surface area contributed by atoms with Gasteiger partial charge in [0.25, 0.3) is 0 Å². The fraction of sp³-hybridized carbons (Fsp3) is 0. The number of benzene rings is 1. The van der Waals surface area contributed by atoms with Crippen molar-refractivity contribution in [2.45, 2.75) is 0 Å². The van der Waals surface area contributed by atoms with Gasteiger partial charge in [0.05, 0.1) is 15.8 Å². The van der Waals surface area contributed by atoms with E-state index in [1.165, 1.54) is 6.07 Å². The summed E-state index contributed by atoms with van der Waals surface area (Å²) in [5.41, 5.74) is -0.527. The maximum atomic E-state index is 11.4. The molecule has 0 atom stereocenters. The minimum Gasteiger partial charge on any atom is -0.288 e. The highest BCUT2D eigenvalue weighted by molar-refractivity contribution is 5.76. The Morgan fingerprint density at radius 2 is 2.33 bits per heavy atom. The third-order valence-electron chi connectivity index (χ3n) is 1.38. The van der Waals surface area contributed by atoms with Gasteiger partial charge in [0.1, 0.15) is 0 Å². The van der Waals surface area contributed by atoms with Gasteiger partial charge in [0.15, 0.2) is 5.43 Å². The Morgan fingerprint density at radius 1 is 1.42 bits per heavy atom. The van der Waals surface area contributed by atoms with Crippen LogP contribution in [0.25, 0.3) is 10.9 Å². The predicted octanol–water partition coefficient (Wildman–Crippen LogP) is 0.990. The largest absolute Gasteiger partial charge is 0.288 e. The van der Waals surface area contributed by atoms with Gasteiger partial charge in [-0.05, 0) is 12.1 Å². The van der Waals surface area contributed by atoms with Crippen molar-refractivity contribution >= 4 is 10.9 Å². The maximum absolute atomic E-state index is 11.4. The number of hydrogen-bond donors (Lipinski definition) is 0. The summed E-state index contributed by atoms with van der Waals surface area (Å²) < 4.78 is 22.3. The standard InChI is InChI=1S/C9H6N2O/c12-8-5-7-3-1-2-4-9(7)11-10-6-8/h1-6H/i3D,5D,6D. The number of nitrogens with zero attached hydrogens (tertiary/aromatic N) is 2. The smallest absolute Gasteiger partial charge is 0.199 e. The lowest BCUT2D eigenvalue weighted by Gasteiger charge is -1.85. The molecule has 1 aromatic carbocycles. The van der Waals surface area contributed by atoms with Crippen LogP contribution in [0.5, 0.6) is 0 Å². The molecular weight excluding hydrogens is 152 g/mol. The average molecular weight is 161 g/mol. The molecule has 0 N–H and O–H groups in total. The van der Waals surface area contributed by atoms with Gasteiger partial charge in [0.2, 0.25) is 0 Å². The first kappa shape index (κ1) is 4.30. The number of hydrogen-bond acceptors (Lipinski definition) is 3. The van der Waals surface area contributed by atoms with Crippen LogP contribution in [0.2, 0.25) is 0 Å². The molecule has 0 fully saturated rings. The van der Waals surface area contributed by atoms with E-state index < -0.39 is 17.6 Å². The number of fused-ring (bicyclic) bond motifs is 1. The molecule has 0 unspecified atom stereocenters. The summed E-state index contributed by atoms with van der Waals surface area (Å²) in [5.74, 6) is 0. The topological polar surface area (TPSA) is 42.9 Å². The molecule has 2 rings (SSSR count). The van der Waals surface area contributed by atoms with Gasteiger partial charge in [-0.3, -0.25) is 4.79 Å². The first-order valence-electron chi connectivity index (χ1n) is 4.85. The third-order valence-corrected chi connectivity index (χ3v) is 1.38. The second-order valence-electron chi connectivity index (χ2n) is 2.20. The molecule has 0 aliphatic heterocycles. The Labute approximate surface area is 72.9 Å². The van der Waals surface area contributed by atoms with Crippen LogP contribution in [0.15, 0.2) is 41.3 Å². The minimum atomic E-state index is -0.808. The van der Waals surface area contributed by atoms with Gasteiger partial charge in [-0.25, -0.2) is 0 Å². The molecule has 3 heteroatoms. The third kappa shape index (κ3) is 1.16. The SMILES string of the molecule is [2H]c1nnc2cccc([2H])c2c([2H])c1=O. The molecule has 0 saturated carbocycles. The van der Waals surface area contributed by atoms with Crippen LogP contribution in [0.4, 0.5) is 0 Å². The second-order valence-corrected chi connectivity index (χ2v) is 2.20. The normalized spacial score (nSPS) is 13.5. The van der Waals surface area contributed by atoms with E-state index in [1.807, 2.05) is 0 Å². The lowest BCUT2D eigenvalue weighted by atomic mass is 10.2. The zero-order chi connectivity index (χ0) is 11.0. The Balaban J connectivity index is 3.13. The highest BCUT2D eigenvalue weighted by Gasteiger charge is 1.90. The van der Waals surface area contributed by atoms with Gasteiger partial charge in [-0.1, -0.05) is 18.2 Å². The minimum absolute atomic E-state index is 0.0412. The molecule has 0 amide bonds. The Morgan fingerprint density at radius 3 is 3.25 bits per heavy atom. The fourth-order valence-electron chi connectivity index (χ4n) is 0.877. The first-order chi connectivity index (χ1) is 7.11. The van der Waals surface area contributed by atoms with Crippen LogP contribution in [0.1, 0.15) is 4.11 Å². The Kier molecular flexibility index (Phi) is 0.967. The molecule has 1 heterocycles. The van der Waals surface area contributed by atoms with Crippen molar-refractivity contribution in [1.29, 1.82) is 0 Å². The van der Waals surface area contributed by atoms with Crippen molar-refractivity contribution in [2.24, 2.45) is 0 Å². The van der Waals surface area contributed by atoms with Crippen molar-refractivity contribution in [3.05, 3.63) is 46.7 Å². The Hall–Kier alpha value is -1.77. The quantitative estimate of drug-likeness (QED) is 0.578. The molecule has 0 aliphatic rings. The fourth-order valence-corrected chi connectivity index (χ4v) is 0.877. The van der Waals surface area contributed by atoms with Crippen LogP contribution in [-0.2, 0) is 0 Å². The van der Waals surface area contributed by atoms with E-state index in [-0.39, 0.29) is 16.9 Å². The molecule has 0 bridgehead atoms. The molecule has 0 radical (unpaired) electrons. The van der Waals surface area contributed by atoms with E-state index in [0.717, 1.165) is 0 Å². The highest BCUT2D eigenvalue weighted by atomic mass is 16.1. The summed E-state index contributed by atoms with van der Waals surface area (Å²) in [6.45, 7) is 0. The summed E-state index contributed by atoms with van der Waals surface area (Å²) in [5, 5.41) is 7.15. The monoisotopic (exact) mass is 161 g/mol.